The SMILES string of the molecule is CC(=O)N1[C@@H]2CC[C@H]1CC(OC1CCN(S(=O)(=O)Cc3ccc(F)cc3)CC1)C2. The smallest absolute Gasteiger partial charge is 0.219 e. The van der Waals surface area contributed by atoms with Crippen LogP contribution in [0.3, 0.4) is 0 Å². The Morgan fingerprint density at radius 2 is 1.62 bits per heavy atom. The maximum Gasteiger partial charge on any atom is 0.219 e. The number of benzene rings is 1. The molecule has 6 nitrogen and oxygen atoms in total. The fourth-order valence-corrected chi connectivity index (χ4v) is 6.72. The second kappa shape index (κ2) is 8.32. The van der Waals surface area contributed by atoms with Gasteiger partial charge in [0.1, 0.15) is 5.82 Å². The summed E-state index contributed by atoms with van der Waals surface area (Å²) in [5.74, 6) is -0.312. The van der Waals surface area contributed by atoms with E-state index in [1.54, 1.807) is 6.92 Å². The molecule has 2 bridgehead atoms. The number of amides is 1. The van der Waals surface area contributed by atoms with Crippen molar-refractivity contribution in [1.29, 1.82) is 0 Å². The molecule has 4 rings (SSSR count). The van der Waals surface area contributed by atoms with E-state index in [0.717, 1.165) is 25.7 Å². The van der Waals surface area contributed by atoms with Crippen molar-refractivity contribution in [3.8, 4) is 0 Å². The minimum absolute atomic E-state index is 0.0700. The van der Waals surface area contributed by atoms with Gasteiger partial charge in [-0.25, -0.2) is 17.1 Å². The van der Waals surface area contributed by atoms with E-state index in [-0.39, 0.29) is 29.7 Å². The number of sulfonamides is 1. The van der Waals surface area contributed by atoms with E-state index in [4.69, 9.17) is 4.74 Å². The second-order valence-electron chi connectivity index (χ2n) is 8.52. The molecule has 0 N–H and O–H groups in total. The van der Waals surface area contributed by atoms with Crippen molar-refractivity contribution in [3.63, 3.8) is 0 Å². The Morgan fingerprint density at radius 1 is 1.03 bits per heavy atom. The van der Waals surface area contributed by atoms with Gasteiger partial charge in [0.2, 0.25) is 15.9 Å². The number of halogens is 1. The van der Waals surface area contributed by atoms with Crippen LogP contribution in [-0.2, 0) is 25.3 Å². The van der Waals surface area contributed by atoms with Gasteiger partial charge in [0, 0.05) is 32.1 Å². The van der Waals surface area contributed by atoms with E-state index < -0.39 is 10.0 Å². The molecule has 160 valence electrons. The number of carbonyl (C=O) groups excluding carboxylic acids is 1. The molecular weight excluding hydrogens is 395 g/mol. The summed E-state index contributed by atoms with van der Waals surface area (Å²) in [6.45, 7) is 2.55. The molecule has 1 aromatic rings. The summed E-state index contributed by atoms with van der Waals surface area (Å²) in [5, 5.41) is 0. The number of hydrogen-bond donors (Lipinski definition) is 0. The van der Waals surface area contributed by atoms with Crippen molar-refractivity contribution in [1.82, 2.24) is 9.21 Å². The zero-order valence-corrected chi connectivity index (χ0v) is 17.6. The molecule has 0 aromatic heterocycles. The first kappa shape index (κ1) is 20.8. The zero-order valence-electron chi connectivity index (χ0n) is 16.8. The van der Waals surface area contributed by atoms with E-state index in [9.17, 15) is 17.6 Å². The van der Waals surface area contributed by atoms with Crippen LogP contribution in [0.15, 0.2) is 24.3 Å². The summed E-state index contributed by atoms with van der Waals surface area (Å²) >= 11 is 0. The van der Waals surface area contributed by atoms with Crippen molar-refractivity contribution in [2.75, 3.05) is 13.1 Å². The summed E-state index contributed by atoms with van der Waals surface area (Å²) in [7, 11) is -3.42. The molecule has 3 aliphatic rings. The first-order chi connectivity index (χ1) is 13.8. The van der Waals surface area contributed by atoms with Crippen LogP contribution in [0.25, 0.3) is 0 Å². The lowest BCUT2D eigenvalue weighted by atomic mass is 9.98. The third-order valence-corrected chi connectivity index (χ3v) is 8.35. The maximum absolute atomic E-state index is 13.0. The highest BCUT2D eigenvalue weighted by Crippen LogP contribution is 2.38. The highest BCUT2D eigenvalue weighted by Gasteiger charge is 2.43. The monoisotopic (exact) mass is 424 g/mol. The number of nitrogens with zero attached hydrogens (tertiary/aromatic N) is 2. The van der Waals surface area contributed by atoms with Gasteiger partial charge in [-0.15, -0.1) is 0 Å². The Morgan fingerprint density at radius 3 is 2.17 bits per heavy atom. The minimum atomic E-state index is -3.42. The van der Waals surface area contributed by atoms with Crippen molar-refractivity contribution in [3.05, 3.63) is 35.6 Å². The van der Waals surface area contributed by atoms with Crippen LogP contribution in [0.1, 0.15) is 51.0 Å². The van der Waals surface area contributed by atoms with Gasteiger partial charge in [-0.05, 0) is 56.2 Å². The summed E-state index contributed by atoms with van der Waals surface area (Å²) < 4.78 is 46.3. The fraction of sp³-hybridized carbons (Fsp3) is 0.667. The number of fused-ring (bicyclic) bond motifs is 2. The lowest BCUT2D eigenvalue weighted by Crippen LogP contribution is -2.49. The van der Waals surface area contributed by atoms with Crippen LogP contribution in [0.2, 0.25) is 0 Å². The van der Waals surface area contributed by atoms with Gasteiger partial charge < -0.3 is 9.64 Å². The normalized spacial score (nSPS) is 28.6. The van der Waals surface area contributed by atoms with E-state index in [1.807, 2.05) is 4.90 Å². The standard InChI is InChI=1S/C21H29FN2O4S/c1-15(25)24-18-6-7-19(24)13-21(12-18)28-20-8-10-23(11-9-20)29(26,27)14-16-2-4-17(22)5-3-16/h2-5,18-21H,6-14H2,1H3/t18-,19+,21?. The van der Waals surface area contributed by atoms with Gasteiger partial charge in [-0.3, -0.25) is 4.79 Å². The summed E-state index contributed by atoms with van der Waals surface area (Å²) in [6, 6.07) is 6.21. The van der Waals surface area contributed by atoms with Crippen molar-refractivity contribution in [2.45, 2.75) is 75.5 Å². The van der Waals surface area contributed by atoms with Crippen LogP contribution >= 0.6 is 0 Å². The molecule has 1 aromatic carbocycles. The van der Waals surface area contributed by atoms with Crippen molar-refractivity contribution >= 4 is 15.9 Å². The van der Waals surface area contributed by atoms with Crippen molar-refractivity contribution < 1.29 is 22.3 Å². The minimum Gasteiger partial charge on any atom is -0.375 e. The van der Waals surface area contributed by atoms with Gasteiger partial charge in [-0.2, -0.15) is 0 Å². The van der Waals surface area contributed by atoms with Gasteiger partial charge >= 0.3 is 0 Å². The molecule has 1 amide bonds. The Kier molecular flexibility index (Phi) is 5.95. The Labute approximate surface area is 172 Å². The topological polar surface area (TPSA) is 66.9 Å². The first-order valence-electron chi connectivity index (χ1n) is 10.5. The lowest BCUT2D eigenvalue weighted by molar-refractivity contribution is -0.138. The van der Waals surface area contributed by atoms with Crippen molar-refractivity contribution in [2.24, 2.45) is 0 Å². The molecule has 3 fully saturated rings. The predicted octanol–water partition coefficient (Wildman–Crippen LogP) is 2.68. The molecule has 1 unspecified atom stereocenters. The molecule has 29 heavy (non-hydrogen) atoms. The third kappa shape index (κ3) is 4.64. The molecule has 8 heteroatoms. The molecule has 3 aliphatic heterocycles. The number of hydrogen-bond acceptors (Lipinski definition) is 4. The average molecular weight is 425 g/mol. The summed E-state index contributed by atoms with van der Waals surface area (Å²) in [5.41, 5.74) is 0.595. The molecule has 3 saturated heterocycles. The molecule has 0 saturated carbocycles. The number of piperidine rings is 2. The van der Waals surface area contributed by atoms with Gasteiger partial charge in [-0.1, -0.05) is 12.1 Å². The zero-order chi connectivity index (χ0) is 20.6. The Hall–Kier alpha value is -1.51. The van der Waals surface area contributed by atoms with E-state index in [1.165, 1.54) is 28.6 Å². The van der Waals surface area contributed by atoms with Crippen LogP contribution in [0.4, 0.5) is 4.39 Å². The quantitative estimate of drug-likeness (QED) is 0.729. The van der Waals surface area contributed by atoms with E-state index in [0.29, 0.717) is 43.6 Å². The molecule has 0 radical (unpaired) electrons. The molecule has 3 atom stereocenters. The summed E-state index contributed by atoms with van der Waals surface area (Å²) in [4.78, 5) is 13.9. The first-order valence-corrected chi connectivity index (χ1v) is 12.1. The lowest BCUT2D eigenvalue weighted by Gasteiger charge is -2.40. The predicted molar refractivity (Wildman–Crippen MR) is 107 cm³/mol. The van der Waals surface area contributed by atoms with Crippen LogP contribution in [-0.4, -0.2) is 60.9 Å². The Balaban J connectivity index is 1.27. The molecule has 3 heterocycles. The fourth-order valence-electron chi connectivity index (χ4n) is 5.15. The van der Waals surface area contributed by atoms with Crippen LogP contribution in [0.5, 0.6) is 0 Å². The van der Waals surface area contributed by atoms with Crippen LogP contribution < -0.4 is 0 Å². The summed E-state index contributed by atoms with van der Waals surface area (Å²) in [6.07, 6.45) is 5.50. The maximum atomic E-state index is 13.0. The number of ether oxygens (including phenoxy) is 1. The van der Waals surface area contributed by atoms with E-state index in [2.05, 4.69) is 0 Å². The van der Waals surface area contributed by atoms with Gasteiger partial charge in [0.15, 0.2) is 0 Å². The largest absolute Gasteiger partial charge is 0.375 e. The van der Waals surface area contributed by atoms with Crippen LogP contribution in [0, 0.1) is 5.82 Å². The molecule has 0 spiro atoms. The Bertz CT molecular complexity index is 823. The highest BCUT2D eigenvalue weighted by atomic mass is 32.2. The van der Waals surface area contributed by atoms with E-state index >= 15 is 0 Å². The number of rotatable bonds is 5. The highest BCUT2D eigenvalue weighted by molar-refractivity contribution is 7.88. The molecular formula is C21H29FN2O4S. The third-order valence-electron chi connectivity index (χ3n) is 6.50. The average Bonchev–Trinajstić information content (AvgIpc) is 2.95. The number of carbonyl (C=O) groups is 1. The molecule has 0 aliphatic carbocycles. The van der Waals surface area contributed by atoms with Gasteiger partial charge in [0.25, 0.3) is 0 Å². The second-order valence-corrected chi connectivity index (χ2v) is 10.5. The van der Waals surface area contributed by atoms with Gasteiger partial charge in [0.05, 0.1) is 18.0 Å².